The first-order valence-electron chi connectivity index (χ1n) is 24.8. The van der Waals surface area contributed by atoms with Crippen LogP contribution >= 0.6 is 7.82 Å². The molecule has 0 amide bonds. The average molecular weight is 908 g/mol. The van der Waals surface area contributed by atoms with Crippen LogP contribution in [-0.4, -0.2) is 59.9 Å². The summed E-state index contributed by atoms with van der Waals surface area (Å²) < 4.78 is 32.7. The van der Waals surface area contributed by atoms with E-state index in [-0.39, 0.29) is 19.4 Å². The largest absolute Gasteiger partial charge is 0.480 e. The number of unbranched alkanes of at least 4 members (excludes halogenated alkanes) is 22. The predicted molar refractivity (Wildman–Crippen MR) is 258 cm³/mol. The summed E-state index contributed by atoms with van der Waals surface area (Å²) in [7, 11) is -4.74. The van der Waals surface area contributed by atoms with E-state index in [9.17, 15) is 23.8 Å². The lowest BCUT2D eigenvalue weighted by Gasteiger charge is -2.20. The number of aliphatic carboxylic acids is 1. The van der Waals surface area contributed by atoms with E-state index in [2.05, 4.69) is 67.0 Å². The van der Waals surface area contributed by atoms with Crippen molar-refractivity contribution in [3.63, 3.8) is 0 Å². The molecule has 0 aromatic rings. The van der Waals surface area contributed by atoms with Gasteiger partial charge in [-0.3, -0.25) is 23.4 Å². The molecule has 364 valence electrons. The van der Waals surface area contributed by atoms with E-state index in [0.717, 1.165) is 51.4 Å². The Kier molecular flexibility index (Phi) is 43.7. The second kappa shape index (κ2) is 45.7. The van der Waals surface area contributed by atoms with Crippen molar-refractivity contribution in [2.75, 3.05) is 19.8 Å². The van der Waals surface area contributed by atoms with Crippen LogP contribution in [0, 0.1) is 0 Å². The zero-order chi connectivity index (χ0) is 46.3. The molecule has 0 radical (unpaired) electrons. The van der Waals surface area contributed by atoms with Crippen molar-refractivity contribution >= 4 is 25.7 Å². The number of hydrogen-bond donors (Lipinski definition) is 3. The molecule has 11 nitrogen and oxygen atoms in total. The van der Waals surface area contributed by atoms with E-state index in [1.54, 1.807) is 0 Å². The SMILES string of the molecule is CCCCC/C=C/C/C=C/C/C=C/C/C=C/C/C=C/CCC(=O)O[C@H](COC(=O)CCCCCCCCCCCCCCCCCCCCCC)COP(=O)(O)OC[C@H](N)C(=O)O. The van der Waals surface area contributed by atoms with Gasteiger partial charge in [0.1, 0.15) is 12.6 Å². The van der Waals surface area contributed by atoms with Crippen molar-refractivity contribution in [2.24, 2.45) is 5.73 Å². The minimum absolute atomic E-state index is 0.0374. The van der Waals surface area contributed by atoms with Crippen molar-refractivity contribution in [1.29, 1.82) is 0 Å². The van der Waals surface area contributed by atoms with E-state index >= 15 is 0 Å². The molecule has 12 heteroatoms. The molecule has 3 atom stereocenters. The molecule has 4 N–H and O–H groups in total. The van der Waals surface area contributed by atoms with Crippen molar-refractivity contribution in [2.45, 2.75) is 225 Å². The number of ether oxygens (including phenoxy) is 2. The average Bonchev–Trinajstić information content (AvgIpc) is 3.26. The standard InChI is InChI=1S/C51H90NO10P/c1-3-5-7-9-11-13-15-17-19-21-23-25-26-28-30-32-34-36-38-40-42-49(53)59-44-47(45-60-63(57,58)61-46-48(52)51(55)56)62-50(54)43-41-39-37-35-33-31-29-27-24-22-20-18-16-14-12-10-8-6-4-2/h12,14,18,20,24,27,31,33,37,39,47-48H,3-11,13,15-17,19,21-23,25-26,28-30,32,34-36,38,40-46,52H2,1-2H3,(H,55,56)(H,57,58)/b14-12+,20-18+,27-24+,33-31+,39-37+/t47-,48+/m1/s1. The first kappa shape index (κ1) is 60.2. The number of rotatable bonds is 46. The van der Waals surface area contributed by atoms with Gasteiger partial charge in [0.15, 0.2) is 6.10 Å². The van der Waals surface area contributed by atoms with Crippen LogP contribution in [0.25, 0.3) is 0 Å². The number of allylic oxidation sites excluding steroid dienone is 10. The fourth-order valence-corrected chi connectivity index (χ4v) is 7.42. The summed E-state index contributed by atoms with van der Waals surface area (Å²) in [5.74, 6) is -2.48. The van der Waals surface area contributed by atoms with Gasteiger partial charge in [0.05, 0.1) is 13.2 Å². The summed E-state index contributed by atoms with van der Waals surface area (Å²) in [5, 5.41) is 8.91. The second-order valence-corrected chi connectivity index (χ2v) is 18.1. The van der Waals surface area contributed by atoms with Crippen LogP contribution < -0.4 is 5.73 Å². The third-order valence-electron chi connectivity index (χ3n) is 10.5. The highest BCUT2D eigenvalue weighted by Crippen LogP contribution is 2.43. The van der Waals surface area contributed by atoms with Crippen LogP contribution in [0.4, 0.5) is 0 Å². The zero-order valence-electron chi connectivity index (χ0n) is 39.7. The van der Waals surface area contributed by atoms with Gasteiger partial charge in [-0.15, -0.1) is 0 Å². The molecule has 0 aliphatic heterocycles. The number of esters is 2. The number of carboxylic acids is 1. The number of carboxylic acid groups (broad SMARTS) is 1. The summed E-state index contributed by atoms with van der Waals surface area (Å²) in [6, 6.07) is -1.53. The molecule has 1 unspecified atom stereocenters. The van der Waals surface area contributed by atoms with Gasteiger partial charge in [-0.25, -0.2) is 4.57 Å². The number of hydrogen-bond acceptors (Lipinski definition) is 9. The summed E-state index contributed by atoms with van der Waals surface area (Å²) in [6.07, 6.45) is 54.4. The van der Waals surface area contributed by atoms with Crippen LogP contribution in [0.1, 0.15) is 213 Å². The van der Waals surface area contributed by atoms with Gasteiger partial charge in [-0.05, 0) is 51.4 Å². The quantitative estimate of drug-likeness (QED) is 0.0230. The first-order chi connectivity index (χ1) is 30.6. The number of nitrogens with two attached hydrogens (primary N) is 1. The Bertz CT molecular complexity index is 1300. The van der Waals surface area contributed by atoms with Gasteiger partial charge in [-0.1, -0.05) is 209 Å². The Balaban J connectivity index is 4.37. The lowest BCUT2D eigenvalue weighted by atomic mass is 10.0. The molecule has 0 fully saturated rings. The fourth-order valence-electron chi connectivity index (χ4n) is 6.64. The Labute approximate surface area is 383 Å². The van der Waals surface area contributed by atoms with Crippen molar-refractivity contribution in [1.82, 2.24) is 0 Å². The number of carbonyl (C=O) groups is 3. The van der Waals surface area contributed by atoms with Crippen molar-refractivity contribution in [3.8, 4) is 0 Å². The molecule has 0 saturated carbocycles. The van der Waals surface area contributed by atoms with Gasteiger partial charge >= 0.3 is 25.7 Å². The lowest BCUT2D eigenvalue weighted by molar-refractivity contribution is -0.161. The predicted octanol–water partition coefficient (Wildman–Crippen LogP) is 13.9. The van der Waals surface area contributed by atoms with Gasteiger partial charge in [-0.2, -0.15) is 0 Å². The van der Waals surface area contributed by atoms with E-state index in [0.29, 0.717) is 12.8 Å². The Morgan fingerprint density at radius 2 is 0.873 bits per heavy atom. The van der Waals surface area contributed by atoms with Gasteiger partial charge in [0.2, 0.25) is 0 Å². The third-order valence-corrected chi connectivity index (χ3v) is 11.5. The Morgan fingerprint density at radius 3 is 1.32 bits per heavy atom. The smallest absolute Gasteiger partial charge is 0.472 e. The number of carbonyl (C=O) groups excluding carboxylic acids is 2. The second-order valence-electron chi connectivity index (χ2n) is 16.6. The summed E-state index contributed by atoms with van der Waals surface area (Å²) >= 11 is 0. The van der Waals surface area contributed by atoms with Gasteiger partial charge < -0.3 is 25.2 Å². The number of phosphoric acid groups is 1. The van der Waals surface area contributed by atoms with E-state index in [1.807, 2.05) is 12.2 Å². The fraction of sp³-hybridized carbons (Fsp3) is 0.745. The zero-order valence-corrected chi connectivity index (χ0v) is 40.5. The maximum atomic E-state index is 12.6. The highest BCUT2D eigenvalue weighted by molar-refractivity contribution is 7.47. The van der Waals surface area contributed by atoms with Crippen LogP contribution in [0.3, 0.4) is 0 Å². The summed E-state index contributed by atoms with van der Waals surface area (Å²) in [5.41, 5.74) is 5.34. The Morgan fingerprint density at radius 1 is 0.492 bits per heavy atom. The third kappa shape index (κ3) is 45.5. The van der Waals surface area contributed by atoms with E-state index < -0.39 is 51.1 Å². The van der Waals surface area contributed by atoms with Crippen molar-refractivity contribution in [3.05, 3.63) is 60.8 Å². The van der Waals surface area contributed by atoms with Crippen LogP contribution in [0.5, 0.6) is 0 Å². The van der Waals surface area contributed by atoms with Crippen LogP contribution in [0.15, 0.2) is 60.8 Å². The molecule has 0 spiro atoms. The molecule has 0 aromatic carbocycles. The molecule has 0 aromatic heterocycles. The summed E-state index contributed by atoms with van der Waals surface area (Å²) in [6.45, 7) is 2.73. The minimum Gasteiger partial charge on any atom is -0.480 e. The normalized spacial score (nSPS) is 14.1. The molecular weight excluding hydrogens is 818 g/mol. The highest BCUT2D eigenvalue weighted by Gasteiger charge is 2.28. The van der Waals surface area contributed by atoms with Gasteiger partial charge in [0.25, 0.3) is 0 Å². The molecule has 0 aliphatic rings. The molecule has 0 heterocycles. The van der Waals surface area contributed by atoms with E-state index in [4.69, 9.17) is 24.8 Å². The molecular formula is C51H90NO10P. The van der Waals surface area contributed by atoms with Crippen LogP contribution in [0.2, 0.25) is 0 Å². The number of phosphoric ester groups is 1. The minimum atomic E-state index is -4.74. The molecule has 0 rings (SSSR count). The maximum Gasteiger partial charge on any atom is 0.472 e. The Hall–Kier alpha value is -2.82. The van der Waals surface area contributed by atoms with Gasteiger partial charge in [0, 0.05) is 12.8 Å². The molecule has 0 aliphatic carbocycles. The summed E-state index contributed by atoms with van der Waals surface area (Å²) in [4.78, 5) is 46.1. The lowest BCUT2D eigenvalue weighted by Crippen LogP contribution is -2.34. The van der Waals surface area contributed by atoms with Crippen LogP contribution in [-0.2, 0) is 37.5 Å². The first-order valence-corrected chi connectivity index (χ1v) is 26.3. The monoisotopic (exact) mass is 908 g/mol. The molecule has 0 bridgehead atoms. The maximum absolute atomic E-state index is 12.6. The van der Waals surface area contributed by atoms with E-state index in [1.165, 1.54) is 122 Å². The molecule has 63 heavy (non-hydrogen) atoms. The van der Waals surface area contributed by atoms with Crippen molar-refractivity contribution < 1.29 is 47.5 Å². The highest BCUT2D eigenvalue weighted by atomic mass is 31.2. The topological polar surface area (TPSA) is 172 Å². The molecule has 0 saturated heterocycles.